The summed E-state index contributed by atoms with van der Waals surface area (Å²) in [6, 6.07) is 28.1. The van der Waals surface area contributed by atoms with Crippen molar-refractivity contribution in [3.63, 3.8) is 0 Å². The first-order valence-corrected chi connectivity index (χ1v) is 22.2. The average molecular weight is 1170 g/mol. The zero-order valence-corrected chi connectivity index (χ0v) is 40.3. The molecule has 0 fully saturated rings. The quantitative estimate of drug-likeness (QED) is 0.0966. The van der Waals surface area contributed by atoms with Crippen LogP contribution in [-0.4, -0.2) is 67.4 Å². The number of anilines is 3. The van der Waals surface area contributed by atoms with Crippen LogP contribution in [0.25, 0.3) is 34.4 Å². The van der Waals surface area contributed by atoms with Gasteiger partial charge in [-0.25, -0.2) is 4.39 Å². The van der Waals surface area contributed by atoms with Gasteiger partial charge in [0, 0.05) is 38.4 Å². The van der Waals surface area contributed by atoms with Crippen molar-refractivity contribution < 1.29 is 98.9 Å². The number of amides is 3. The van der Waals surface area contributed by atoms with Crippen LogP contribution in [0.4, 0.5) is 75.1 Å². The monoisotopic (exact) mass is 1170 g/mol. The lowest BCUT2D eigenvalue weighted by Crippen LogP contribution is -2.18. The molecule has 0 atom stereocenters. The Morgan fingerprint density at radius 1 is 0.407 bits per heavy atom. The molecule has 6 aromatic carbocycles. The normalized spacial score (nSPS) is 11.5. The molecule has 420 valence electrons. The molecule has 3 aromatic heterocycles. The minimum Gasteiger partial charge on any atom is -0.406 e. The number of hydrogen-bond donors (Lipinski definition) is 3. The number of ether oxygens (including phenoxy) is 3. The molecule has 81 heavy (non-hydrogen) atoms. The van der Waals surface area contributed by atoms with Crippen LogP contribution >= 0.6 is 11.6 Å². The Labute approximate surface area is 447 Å². The van der Waals surface area contributed by atoms with Gasteiger partial charge in [-0.1, -0.05) is 45.1 Å². The van der Waals surface area contributed by atoms with Gasteiger partial charge in [-0.05, 0) is 127 Å². The number of carbonyl (C=O) groups excluding carboxylic acids is 3. The predicted molar refractivity (Wildman–Crippen MR) is 252 cm³/mol. The van der Waals surface area contributed by atoms with Crippen molar-refractivity contribution in [2.75, 3.05) is 16.0 Å². The zero-order chi connectivity index (χ0) is 58.7. The Hall–Kier alpha value is -10.1. The molecule has 3 heterocycles. The van der Waals surface area contributed by atoms with E-state index in [2.05, 4.69) is 60.8 Å². The molecule has 18 nitrogen and oxygen atoms in total. The smallest absolute Gasteiger partial charge is 0.406 e. The first-order valence-electron chi connectivity index (χ1n) is 21.8. The maximum absolute atomic E-state index is 12.9. The molecule has 0 radical (unpaired) electrons. The molecule has 0 saturated carbocycles. The van der Waals surface area contributed by atoms with Crippen LogP contribution in [0.15, 0.2) is 159 Å². The third-order valence-corrected chi connectivity index (χ3v) is 9.82. The largest absolute Gasteiger partial charge is 0.573 e. The van der Waals surface area contributed by atoms with E-state index in [1.807, 2.05) is 0 Å². The molecule has 9 rings (SSSR count). The van der Waals surface area contributed by atoms with E-state index in [1.165, 1.54) is 60.7 Å². The van der Waals surface area contributed by atoms with E-state index >= 15 is 0 Å². The van der Waals surface area contributed by atoms with Gasteiger partial charge < -0.3 is 27.5 Å². The lowest BCUT2D eigenvalue weighted by Gasteiger charge is -2.09. The highest BCUT2D eigenvalue weighted by atomic mass is 35.5. The van der Waals surface area contributed by atoms with Gasteiger partial charge in [0.05, 0.1) is 5.56 Å². The fraction of sp³-hybridized carbons (Fsp3) is 0.0816. The summed E-state index contributed by atoms with van der Waals surface area (Å²) in [6.45, 7) is 0. The number of nitrogens with zero attached hydrogens (tertiary/aromatic N) is 6. The number of nitrogens with one attached hydrogen (secondary N) is 3. The topological polar surface area (TPSA) is 232 Å². The summed E-state index contributed by atoms with van der Waals surface area (Å²) in [6.07, 6.45) is -19.1. The van der Waals surface area contributed by atoms with Gasteiger partial charge >= 0.3 is 43.3 Å². The Morgan fingerprint density at radius 3 is 1.00 bits per heavy atom. The number of halogens is 14. The van der Waals surface area contributed by atoms with E-state index in [1.54, 1.807) is 24.3 Å². The lowest BCUT2D eigenvalue weighted by atomic mass is 10.1. The number of carbonyl (C=O) groups is 3. The van der Waals surface area contributed by atoms with Crippen LogP contribution in [0.2, 0.25) is 5.02 Å². The van der Waals surface area contributed by atoms with Crippen molar-refractivity contribution in [1.82, 2.24) is 30.6 Å². The van der Waals surface area contributed by atoms with Gasteiger partial charge in [0.25, 0.3) is 17.7 Å². The van der Waals surface area contributed by atoms with Crippen molar-refractivity contribution in [3.8, 4) is 51.6 Å². The minimum absolute atomic E-state index is 0.0365. The average Bonchev–Trinajstić information content (AvgIpc) is 4.20. The second kappa shape index (κ2) is 24.7. The van der Waals surface area contributed by atoms with Crippen molar-refractivity contribution in [1.29, 1.82) is 0 Å². The third-order valence-electron chi connectivity index (χ3n) is 9.57. The first kappa shape index (κ1) is 58.6. The molecule has 0 unspecified atom stereocenters. The summed E-state index contributed by atoms with van der Waals surface area (Å²) >= 11 is 5.79. The second-order valence-corrected chi connectivity index (χ2v) is 15.9. The number of benzene rings is 6. The molecule has 9 aromatic rings. The summed E-state index contributed by atoms with van der Waals surface area (Å²) in [4.78, 5) is 36.4. The molecule has 0 saturated heterocycles. The highest BCUT2D eigenvalue weighted by molar-refractivity contribution is 6.30. The summed E-state index contributed by atoms with van der Waals surface area (Å²) in [5, 5.41) is 29.2. The molecule has 0 aliphatic heterocycles. The zero-order valence-electron chi connectivity index (χ0n) is 39.5. The van der Waals surface area contributed by atoms with Gasteiger partial charge in [0.1, 0.15) is 23.1 Å². The van der Waals surface area contributed by atoms with E-state index < -0.39 is 77.6 Å². The third kappa shape index (κ3) is 18.0. The highest BCUT2D eigenvalue weighted by Crippen LogP contribution is 2.32. The van der Waals surface area contributed by atoms with Gasteiger partial charge in [0.15, 0.2) is 0 Å². The van der Waals surface area contributed by atoms with Gasteiger partial charge in [-0.3, -0.25) is 30.3 Å². The highest BCUT2D eigenvalue weighted by Gasteiger charge is 2.34. The van der Waals surface area contributed by atoms with Gasteiger partial charge in [0.2, 0.25) is 17.7 Å². The molecule has 3 N–H and O–H groups in total. The maximum Gasteiger partial charge on any atom is 0.573 e. The molecule has 3 amide bonds. The van der Waals surface area contributed by atoms with Crippen molar-refractivity contribution in [3.05, 3.63) is 179 Å². The number of alkyl halides is 12. The van der Waals surface area contributed by atoms with Crippen LogP contribution in [0.5, 0.6) is 17.2 Å². The molecular formula is C49H27ClF13N9O9. The summed E-state index contributed by atoms with van der Waals surface area (Å²) in [5.41, 5.74) is -0.0305. The number of aromatic nitrogens is 6. The van der Waals surface area contributed by atoms with E-state index in [9.17, 15) is 71.5 Å². The Balaban J connectivity index is 0.000000176. The maximum atomic E-state index is 12.9. The molecular weight excluding hydrogens is 1140 g/mol. The van der Waals surface area contributed by atoms with Crippen LogP contribution in [0.1, 0.15) is 36.6 Å². The van der Waals surface area contributed by atoms with E-state index in [-0.39, 0.29) is 52.0 Å². The van der Waals surface area contributed by atoms with Crippen LogP contribution in [-0.2, 0) is 6.18 Å². The van der Waals surface area contributed by atoms with E-state index in [4.69, 9.17) is 24.9 Å². The summed E-state index contributed by atoms with van der Waals surface area (Å²) in [5.74, 6) is -4.44. The predicted octanol–water partition coefficient (Wildman–Crippen LogP) is 13.5. The van der Waals surface area contributed by atoms with E-state index in [0.717, 1.165) is 60.7 Å². The lowest BCUT2D eigenvalue weighted by molar-refractivity contribution is -0.275. The minimum atomic E-state index is -4.92. The number of rotatable bonds is 12. The van der Waals surface area contributed by atoms with Crippen molar-refractivity contribution in [2.45, 2.75) is 25.3 Å². The van der Waals surface area contributed by atoms with Crippen molar-refractivity contribution in [2.24, 2.45) is 0 Å². The Bertz CT molecular complexity index is 3460. The summed E-state index contributed by atoms with van der Waals surface area (Å²) < 4.78 is 188. The fourth-order valence-electron chi connectivity index (χ4n) is 6.17. The molecule has 0 aliphatic carbocycles. The van der Waals surface area contributed by atoms with Crippen LogP contribution < -0.4 is 30.2 Å². The Kier molecular flexibility index (Phi) is 17.9. The molecule has 0 bridgehead atoms. The summed E-state index contributed by atoms with van der Waals surface area (Å²) in [7, 11) is 0. The second-order valence-electron chi connectivity index (χ2n) is 15.4. The molecule has 0 spiro atoms. The van der Waals surface area contributed by atoms with E-state index in [0.29, 0.717) is 16.1 Å². The van der Waals surface area contributed by atoms with Gasteiger partial charge in [-0.2, -0.15) is 13.2 Å². The molecule has 32 heteroatoms. The molecule has 0 aliphatic rings. The van der Waals surface area contributed by atoms with Gasteiger partial charge in [-0.15, -0.1) is 54.8 Å². The number of hydrogen-bond acceptors (Lipinski definition) is 15. The SMILES string of the molecule is O=C(Nc1nnc(-c2ccc(C(F)(F)F)cc2)o1)c1cccc(OC(F)(F)F)c1.O=C(Nc1nnc(-c2ccc(Cl)cc2)o1)c1cccc(OC(F)(F)F)c1.O=C(Nc1nnc(-c2ccc(F)cc2)o1)c1cccc(OC(F)(F)F)c1. The standard InChI is InChI=1S/C17H9F6N3O3.C16H9ClF3N3O3.C16H9F4N3O3/c18-16(19,20)11-6-4-9(5-7-11)14-25-26-15(28-14)24-13(27)10-2-1-3-12(8-10)29-17(21,22)23;2*17-11-6-4-9(5-7-11)14-22-23-15(25-14)21-13(24)10-2-1-3-12(8-10)26-16(18,19)20/h1-8H,(H,24,26,27);2*1-8H,(H,21,23,24). The van der Waals surface area contributed by atoms with Crippen LogP contribution in [0, 0.1) is 5.82 Å². The first-order chi connectivity index (χ1) is 38.1. The van der Waals surface area contributed by atoms with Crippen molar-refractivity contribution >= 4 is 47.4 Å². The fourth-order valence-corrected chi connectivity index (χ4v) is 6.30. The van der Waals surface area contributed by atoms with Crippen LogP contribution in [0.3, 0.4) is 0 Å². The Morgan fingerprint density at radius 2 is 0.704 bits per heavy atom.